The van der Waals surface area contributed by atoms with Crippen molar-refractivity contribution in [1.29, 1.82) is 0 Å². The Balaban J connectivity index is 1.90. The number of pyridine rings is 1. The lowest BCUT2D eigenvalue weighted by Gasteiger charge is -2.14. The van der Waals surface area contributed by atoms with Gasteiger partial charge < -0.3 is 0 Å². The zero-order chi connectivity index (χ0) is 17.3. The molecule has 1 saturated carbocycles. The summed E-state index contributed by atoms with van der Waals surface area (Å²) in [6.07, 6.45) is 4.14. The van der Waals surface area contributed by atoms with E-state index in [1.165, 1.54) is 12.1 Å². The molecule has 24 heavy (non-hydrogen) atoms. The molecule has 0 aliphatic heterocycles. The maximum atomic E-state index is 13.5. The summed E-state index contributed by atoms with van der Waals surface area (Å²) in [6, 6.07) is 8.34. The molecule has 3 nitrogen and oxygen atoms in total. The number of allylic oxidation sites excluding steroid dienone is 2. The van der Waals surface area contributed by atoms with Gasteiger partial charge in [0.25, 0.3) is 0 Å². The number of nitrogens with zero attached hydrogens (tertiary/aromatic N) is 1. The van der Waals surface area contributed by atoms with E-state index in [2.05, 4.69) is 4.98 Å². The van der Waals surface area contributed by atoms with Gasteiger partial charge in [-0.25, -0.2) is 4.39 Å². The largest absolute Gasteiger partial charge is 0.298 e. The molecule has 0 radical (unpaired) electrons. The fraction of sp³-hybridized carbons (Fsp3) is 0.250. The van der Waals surface area contributed by atoms with Crippen molar-refractivity contribution in [3.63, 3.8) is 0 Å². The number of carbonyl (C=O) groups excluding carboxylic acids is 2. The Labute approximate surface area is 140 Å². The van der Waals surface area contributed by atoms with Gasteiger partial charge >= 0.3 is 0 Å². The summed E-state index contributed by atoms with van der Waals surface area (Å²) in [4.78, 5) is 29.4. The Morgan fingerprint density at radius 2 is 1.92 bits per heavy atom. The number of carbonyl (C=O) groups is 2. The SMILES string of the molecule is Cc1cc(F)cc(C)c1C1C(=O)C/C(=C\Cc2ccccn2)C1=O. The molecule has 0 saturated heterocycles. The van der Waals surface area contributed by atoms with Gasteiger partial charge in [0.05, 0.1) is 0 Å². The summed E-state index contributed by atoms with van der Waals surface area (Å²) in [6.45, 7) is 3.48. The molecule has 0 N–H and O–H groups in total. The predicted molar refractivity (Wildman–Crippen MR) is 89.3 cm³/mol. The lowest BCUT2D eigenvalue weighted by molar-refractivity contribution is -0.123. The highest BCUT2D eigenvalue weighted by Gasteiger charge is 2.39. The van der Waals surface area contributed by atoms with Crippen LogP contribution >= 0.6 is 0 Å². The highest BCUT2D eigenvalue weighted by molar-refractivity contribution is 6.23. The number of hydrogen-bond donors (Lipinski definition) is 0. The van der Waals surface area contributed by atoms with E-state index in [0.717, 1.165) is 5.69 Å². The number of halogens is 1. The molecule has 0 bridgehead atoms. The number of hydrogen-bond acceptors (Lipinski definition) is 3. The fourth-order valence-corrected chi connectivity index (χ4v) is 3.30. The van der Waals surface area contributed by atoms with Crippen LogP contribution in [-0.2, 0) is 16.0 Å². The van der Waals surface area contributed by atoms with Crippen LogP contribution in [-0.4, -0.2) is 16.6 Å². The Morgan fingerprint density at radius 1 is 1.21 bits per heavy atom. The zero-order valence-electron chi connectivity index (χ0n) is 13.7. The molecule has 1 aromatic carbocycles. The monoisotopic (exact) mass is 323 g/mol. The van der Waals surface area contributed by atoms with Crippen molar-refractivity contribution in [3.8, 4) is 0 Å². The minimum Gasteiger partial charge on any atom is -0.298 e. The average Bonchev–Trinajstić information content (AvgIpc) is 2.81. The van der Waals surface area contributed by atoms with Crippen LogP contribution in [0.2, 0.25) is 0 Å². The molecule has 0 spiro atoms. The van der Waals surface area contributed by atoms with Gasteiger partial charge in [0.1, 0.15) is 11.7 Å². The summed E-state index contributed by atoms with van der Waals surface area (Å²) >= 11 is 0. The van der Waals surface area contributed by atoms with E-state index in [1.807, 2.05) is 18.2 Å². The summed E-state index contributed by atoms with van der Waals surface area (Å²) in [7, 11) is 0. The summed E-state index contributed by atoms with van der Waals surface area (Å²) in [5.41, 5.74) is 3.31. The quantitative estimate of drug-likeness (QED) is 0.640. The van der Waals surface area contributed by atoms with Crippen molar-refractivity contribution >= 4 is 11.6 Å². The summed E-state index contributed by atoms with van der Waals surface area (Å²) in [5, 5.41) is 0. The van der Waals surface area contributed by atoms with E-state index in [9.17, 15) is 14.0 Å². The van der Waals surface area contributed by atoms with Gasteiger partial charge in [0.2, 0.25) is 0 Å². The van der Waals surface area contributed by atoms with Crippen LogP contribution in [0.15, 0.2) is 48.2 Å². The maximum Gasteiger partial charge on any atom is 0.173 e. The van der Waals surface area contributed by atoms with Gasteiger partial charge in [-0.15, -0.1) is 0 Å². The van der Waals surface area contributed by atoms with Gasteiger partial charge in [-0.1, -0.05) is 12.1 Å². The average molecular weight is 323 g/mol. The van der Waals surface area contributed by atoms with Crippen molar-refractivity contribution in [1.82, 2.24) is 4.98 Å². The van der Waals surface area contributed by atoms with E-state index < -0.39 is 5.92 Å². The first kappa shape index (κ1) is 16.2. The van der Waals surface area contributed by atoms with Crippen LogP contribution in [0.4, 0.5) is 4.39 Å². The molecule has 1 aliphatic rings. The Bertz CT molecular complexity index is 817. The van der Waals surface area contributed by atoms with E-state index in [4.69, 9.17) is 0 Å². The summed E-state index contributed by atoms with van der Waals surface area (Å²) in [5.74, 6) is -1.45. The second kappa shape index (κ2) is 6.48. The Hall–Kier alpha value is -2.62. The molecular weight excluding hydrogens is 305 g/mol. The summed E-state index contributed by atoms with van der Waals surface area (Å²) < 4.78 is 13.5. The van der Waals surface area contributed by atoms with Gasteiger partial charge in [-0.05, 0) is 54.8 Å². The number of aryl methyl sites for hydroxylation is 2. The van der Waals surface area contributed by atoms with Gasteiger partial charge in [-0.3, -0.25) is 14.6 Å². The number of aromatic nitrogens is 1. The Kier molecular flexibility index (Phi) is 4.38. The zero-order valence-corrected chi connectivity index (χ0v) is 13.7. The van der Waals surface area contributed by atoms with E-state index in [0.29, 0.717) is 28.7 Å². The second-order valence-electron chi connectivity index (χ2n) is 6.15. The molecular formula is C20H18FNO2. The molecule has 2 aromatic rings. The molecule has 1 aromatic heterocycles. The topological polar surface area (TPSA) is 47.0 Å². The van der Waals surface area contributed by atoms with Crippen LogP contribution in [0.25, 0.3) is 0 Å². The van der Waals surface area contributed by atoms with Crippen LogP contribution in [0.5, 0.6) is 0 Å². The van der Waals surface area contributed by atoms with Crippen LogP contribution in [0.1, 0.15) is 34.7 Å². The lowest BCUT2D eigenvalue weighted by Crippen LogP contribution is -2.15. The number of ketones is 2. The van der Waals surface area contributed by atoms with Gasteiger partial charge in [0, 0.05) is 30.3 Å². The van der Waals surface area contributed by atoms with E-state index in [1.54, 1.807) is 26.1 Å². The third-order valence-corrected chi connectivity index (χ3v) is 4.40. The highest BCUT2D eigenvalue weighted by Crippen LogP contribution is 2.35. The van der Waals surface area contributed by atoms with Gasteiger partial charge in [0.15, 0.2) is 11.6 Å². The van der Waals surface area contributed by atoms with Crippen LogP contribution in [0, 0.1) is 19.7 Å². The maximum absolute atomic E-state index is 13.5. The molecule has 1 atom stereocenters. The molecule has 1 aliphatic carbocycles. The first-order valence-electron chi connectivity index (χ1n) is 7.90. The lowest BCUT2D eigenvalue weighted by atomic mass is 9.88. The fourth-order valence-electron chi connectivity index (χ4n) is 3.30. The van der Waals surface area contributed by atoms with E-state index in [-0.39, 0.29) is 23.8 Å². The molecule has 122 valence electrons. The Morgan fingerprint density at radius 3 is 2.54 bits per heavy atom. The minimum absolute atomic E-state index is 0.120. The third kappa shape index (κ3) is 3.04. The van der Waals surface area contributed by atoms with E-state index >= 15 is 0 Å². The van der Waals surface area contributed by atoms with Crippen LogP contribution < -0.4 is 0 Å². The molecule has 1 heterocycles. The minimum atomic E-state index is -0.805. The predicted octanol–water partition coefficient (Wildman–Crippen LogP) is 3.63. The van der Waals surface area contributed by atoms with Crippen molar-refractivity contribution in [3.05, 3.63) is 76.4 Å². The third-order valence-electron chi connectivity index (χ3n) is 4.40. The van der Waals surface area contributed by atoms with Crippen molar-refractivity contribution < 1.29 is 14.0 Å². The molecule has 1 unspecified atom stereocenters. The number of rotatable bonds is 3. The van der Waals surface area contributed by atoms with Crippen molar-refractivity contribution in [2.24, 2.45) is 0 Å². The molecule has 4 heteroatoms. The first-order chi connectivity index (χ1) is 11.5. The van der Waals surface area contributed by atoms with Crippen molar-refractivity contribution in [2.75, 3.05) is 0 Å². The van der Waals surface area contributed by atoms with Crippen LogP contribution in [0.3, 0.4) is 0 Å². The normalized spacial score (nSPS) is 19.3. The first-order valence-corrected chi connectivity index (χ1v) is 7.90. The molecule has 1 fully saturated rings. The smallest absolute Gasteiger partial charge is 0.173 e. The standard InChI is InChI=1S/C20H18FNO2/c1-12-9-15(21)10-13(2)18(12)19-17(23)11-14(20(19)24)6-7-16-5-3-4-8-22-16/h3-6,8-10,19H,7,11H2,1-2H3/b14-6+. The molecule has 3 rings (SSSR count). The van der Waals surface area contributed by atoms with Gasteiger partial charge in [-0.2, -0.15) is 0 Å². The number of Topliss-reactive ketones (excluding diaryl/α,β-unsaturated/α-hetero) is 2. The number of benzene rings is 1. The second-order valence-corrected chi connectivity index (χ2v) is 6.15. The van der Waals surface area contributed by atoms with Crippen molar-refractivity contribution in [2.45, 2.75) is 32.6 Å². The molecule has 0 amide bonds. The highest BCUT2D eigenvalue weighted by atomic mass is 19.1.